The molecule has 0 saturated carbocycles. The van der Waals surface area contributed by atoms with Gasteiger partial charge in [-0.3, -0.25) is 4.79 Å². The molecular formula is C12H13BrFNO3. The van der Waals surface area contributed by atoms with Gasteiger partial charge in [0.1, 0.15) is 5.82 Å². The van der Waals surface area contributed by atoms with Gasteiger partial charge in [0.05, 0.1) is 0 Å². The standard InChI is InChI=1S/C12H13BrFNO3/c1-7(16)15(3)12(2,11(17)18)9-5-4-8(14)6-10(9)13/h4-6H,1-3H3,(H,17,18). The van der Waals surface area contributed by atoms with Gasteiger partial charge in [-0.2, -0.15) is 0 Å². The van der Waals surface area contributed by atoms with Crippen LogP contribution in [0.4, 0.5) is 4.39 Å². The van der Waals surface area contributed by atoms with Gasteiger partial charge in [0.15, 0.2) is 5.54 Å². The van der Waals surface area contributed by atoms with E-state index >= 15 is 0 Å². The van der Waals surface area contributed by atoms with Crippen molar-refractivity contribution in [3.05, 3.63) is 34.1 Å². The average molecular weight is 318 g/mol. The van der Waals surface area contributed by atoms with Crippen molar-refractivity contribution in [2.24, 2.45) is 0 Å². The summed E-state index contributed by atoms with van der Waals surface area (Å²) >= 11 is 3.13. The Morgan fingerprint density at radius 1 is 1.44 bits per heavy atom. The number of likely N-dealkylation sites (N-methyl/N-ethyl adjacent to an activating group) is 1. The molecule has 0 saturated heterocycles. The summed E-state index contributed by atoms with van der Waals surface area (Å²) in [6.45, 7) is 2.67. The van der Waals surface area contributed by atoms with E-state index in [4.69, 9.17) is 0 Å². The molecule has 0 spiro atoms. The molecule has 18 heavy (non-hydrogen) atoms. The second kappa shape index (κ2) is 5.06. The van der Waals surface area contributed by atoms with E-state index in [1.807, 2.05) is 0 Å². The Labute approximate surface area is 113 Å². The molecule has 0 aliphatic rings. The predicted molar refractivity (Wildman–Crippen MR) is 67.5 cm³/mol. The first-order valence-electron chi connectivity index (χ1n) is 5.14. The smallest absolute Gasteiger partial charge is 0.334 e. The van der Waals surface area contributed by atoms with Crippen LogP contribution in [-0.4, -0.2) is 28.9 Å². The summed E-state index contributed by atoms with van der Waals surface area (Å²) in [6.07, 6.45) is 0. The number of benzene rings is 1. The predicted octanol–water partition coefficient (Wildman–Crippen LogP) is 2.37. The van der Waals surface area contributed by atoms with Crippen LogP contribution in [-0.2, 0) is 15.1 Å². The van der Waals surface area contributed by atoms with Gasteiger partial charge >= 0.3 is 5.97 Å². The van der Waals surface area contributed by atoms with Crippen molar-refractivity contribution in [2.45, 2.75) is 19.4 Å². The molecule has 1 unspecified atom stereocenters. The molecule has 0 aliphatic carbocycles. The molecule has 0 heterocycles. The number of aliphatic carboxylic acids is 1. The molecule has 1 N–H and O–H groups in total. The number of amides is 1. The summed E-state index contributed by atoms with van der Waals surface area (Å²) in [5, 5.41) is 9.39. The van der Waals surface area contributed by atoms with Gasteiger partial charge in [0.2, 0.25) is 5.91 Å². The van der Waals surface area contributed by atoms with Crippen molar-refractivity contribution in [1.82, 2.24) is 4.90 Å². The number of rotatable bonds is 3. The fourth-order valence-electron chi connectivity index (χ4n) is 1.64. The van der Waals surface area contributed by atoms with Crippen LogP contribution in [0.1, 0.15) is 19.4 Å². The number of carbonyl (C=O) groups excluding carboxylic acids is 1. The Morgan fingerprint density at radius 2 is 2.00 bits per heavy atom. The molecule has 1 rings (SSSR count). The maximum absolute atomic E-state index is 13.0. The molecule has 0 fully saturated rings. The summed E-state index contributed by atoms with van der Waals surface area (Å²) in [7, 11) is 1.40. The minimum Gasteiger partial charge on any atom is -0.479 e. The summed E-state index contributed by atoms with van der Waals surface area (Å²) in [4.78, 5) is 24.0. The quantitative estimate of drug-likeness (QED) is 0.931. The second-order valence-corrected chi connectivity index (χ2v) is 4.93. The van der Waals surface area contributed by atoms with E-state index in [0.29, 0.717) is 10.0 Å². The number of carboxylic acid groups (broad SMARTS) is 1. The number of halogens is 2. The van der Waals surface area contributed by atoms with Gasteiger partial charge in [-0.25, -0.2) is 9.18 Å². The third-order valence-electron chi connectivity index (χ3n) is 3.02. The average Bonchev–Trinajstić information content (AvgIpc) is 2.26. The van der Waals surface area contributed by atoms with Gasteiger partial charge in [-0.15, -0.1) is 0 Å². The minimum absolute atomic E-state index is 0.306. The number of carbonyl (C=O) groups is 2. The largest absolute Gasteiger partial charge is 0.479 e. The van der Waals surface area contributed by atoms with E-state index in [0.717, 1.165) is 11.0 Å². The third-order valence-corrected chi connectivity index (χ3v) is 3.67. The van der Waals surface area contributed by atoms with Gasteiger partial charge in [0, 0.05) is 24.0 Å². The van der Waals surface area contributed by atoms with Crippen LogP contribution in [0.5, 0.6) is 0 Å². The highest BCUT2D eigenvalue weighted by molar-refractivity contribution is 9.10. The Morgan fingerprint density at radius 3 is 2.39 bits per heavy atom. The molecule has 1 amide bonds. The molecule has 0 aromatic heterocycles. The maximum atomic E-state index is 13.0. The maximum Gasteiger partial charge on any atom is 0.334 e. The zero-order valence-corrected chi connectivity index (χ0v) is 11.8. The number of carboxylic acids is 1. The van der Waals surface area contributed by atoms with Crippen molar-refractivity contribution >= 4 is 27.8 Å². The highest BCUT2D eigenvalue weighted by atomic mass is 79.9. The van der Waals surface area contributed by atoms with Crippen LogP contribution >= 0.6 is 15.9 Å². The Kier molecular flexibility index (Phi) is 4.11. The van der Waals surface area contributed by atoms with Crippen molar-refractivity contribution in [2.75, 3.05) is 7.05 Å². The van der Waals surface area contributed by atoms with Crippen molar-refractivity contribution in [3.63, 3.8) is 0 Å². The SMILES string of the molecule is CC(=O)N(C)C(C)(C(=O)O)c1ccc(F)cc1Br. The first kappa shape index (κ1) is 14.6. The van der Waals surface area contributed by atoms with E-state index in [1.165, 1.54) is 33.0 Å². The number of hydrogen-bond donors (Lipinski definition) is 1. The topological polar surface area (TPSA) is 57.6 Å². The molecule has 1 aromatic rings. The highest BCUT2D eigenvalue weighted by Gasteiger charge is 2.42. The molecular weight excluding hydrogens is 305 g/mol. The zero-order chi connectivity index (χ0) is 14.1. The van der Waals surface area contributed by atoms with E-state index in [2.05, 4.69) is 15.9 Å². The Balaban J connectivity index is 3.45. The first-order valence-corrected chi connectivity index (χ1v) is 5.94. The fourth-order valence-corrected chi connectivity index (χ4v) is 2.38. The first-order chi connectivity index (χ1) is 8.21. The van der Waals surface area contributed by atoms with Crippen LogP contribution in [0.3, 0.4) is 0 Å². The minimum atomic E-state index is -1.56. The van der Waals surface area contributed by atoms with Gasteiger partial charge in [-0.05, 0) is 19.1 Å². The number of nitrogens with zero attached hydrogens (tertiary/aromatic N) is 1. The third kappa shape index (κ3) is 2.38. The summed E-state index contributed by atoms with van der Waals surface area (Å²) in [5.41, 5.74) is -1.24. The molecule has 0 aliphatic heterocycles. The molecule has 0 bridgehead atoms. The summed E-state index contributed by atoms with van der Waals surface area (Å²) in [5.74, 6) is -2.06. The lowest BCUT2D eigenvalue weighted by Crippen LogP contribution is -2.50. The fraction of sp³-hybridized carbons (Fsp3) is 0.333. The van der Waals surface area contributed by atoms with Crippen LogP contribution in [0, 0.1) is 5.82 Å². The molecule has 4 nitrogen and oxygen atoms in total. The Bertz CT molecular complexity index is 506. The van der Waals surface area contributed by atoms with Gasteiger partial charge < -0.3 is 10.0 Å². The lowest BCUT2D eigenvalue weighted by molar-refractivity contribution is -0.156. The van der Waals surface area contributed by atoms with Gasteiger partial charge in [0.25, 0.3) is 0 Å². The van der Waals surface area contributed by atoms with Crippen molar-refractivity contribution in [3.8, 4) is 0 Å². The lowest BCUT2D eigenvalue weighted by atomic mass is 9.90. The second-order valence-electron chi connectivity index (χ2n) is 4.08. The van der Waals surface area contributed by atoms with Gasteiger partial charge in [-0.1, -0.05) is 22.0 Å². The zero-order valence-electron chi connectivity index (χ0n) is 10.2. The van der Waals surface area contributed by atoms with Crippen LogP contribution in [0.15, 0.2) is 22.7 Å². The van der Waals surface area contributed by atoms with Crippen molar-refractivity contribution < 1.29 is 19.1 Å². The summed E-state index contributed by atoms with van der Waals surface area (Å²) < 4.78 is 13.3. The van der Waals surface area contributed by atoms with E-state index in [1.54, 1.807) is 0 Å². The van der Waals surface area contributed by atoms with E-state index in [-0.39, 0.29) is 0 Å². The molecule has 0 radical (unpaired) electrons. The molecule has 6 heteroatoms. The van der Waals surface area contributed by atoms with Crippen molar-refractivity contribution in [1.29, 1.82) is 0 Å². The van der Waals surface area contributed by atoms with Crippen LogP contribution < -0.4 is 0 Å². The van der Waals surface area contributed by atoms with Crippen LogP contribution in [0.25, 0.3) is 0 Å². The van der Waals surface area contributed by atoms with Crippen LogP contribution in [0.2, 0.25) is 0 Å². The molecule has 98 valence electrons. The molecule has 1 atom stereocenters. The lowest BCUT2D eigenvalue weighted by Gasteiger charge is -2.35. The monoisotopic (exact) mass is 317 g/mol. The van der Waals surface area contributed by atoms with E-state index < -0.39 is 23.2 Å². The van der Waals surface area contributed by atoms with E-state index in [9.17, 15) is 19.1 Å². The normalized spacial score (nSPS) is 13.8. The summed E-state index contributed by atoms with van der Waals surface area (Å²) in [6, 6.07) is 3.69. The Hall–Kier alpha value is -1.43. The molecule has 1 aromatic carbocycles. The number of hydrogen-bond acceptors (Lipinski definition) is 2. The highest BCUT2D eigenvalue weighted by Crippen LogP contribution is 2.33.